The number of nitrogens with zero attached hydrogens (tertiary/aromatic N) is 1. The standard InChI is InChI=1S/C12H21NO3/c1-6-10(12(15)16-8-3)9(4)13(5)11(14)7-2/h10H,4,6-8H2,1-3,5H3. The van der Waals surface area contributed by atoms with E-state index in [0.717, 1.165) is 0 Å². The van der Waals surface area contributed by atoms with Crippen molar-refractivity contribution in [3.63, 3.8) is 0 Å². The maximum Gasteiger partial charge on any atom is 0.314 e. The highest BCUT2D eigenvalue weighted by Crippen LogP contribution is 2.18. The van der Waals surface area contributed by atoms with Crippen LogP contribution >= 0.6 is 0 Å². The molecule has 4 nitrogen and oxygen atoms in total. The van der Waals surface area contributed by atoms with E-state index in [4.69, 9.17) is 4.74 Å². The third-order valence-electron chi connectivity index (χ3n) is 2.49. The van der Waals surface area contributed by atoms with Crippen LogP contribution in [0.15, 0.2) is 12.3 Å². The normalized spacial score (nSPS) is 11.8. The molecular weight excluding hydrogens is 206 g/mol. The van der Waals surface area contributed by atoms with Crippen LogP contribution in [0.1, 0.15) is 33.6 Å². The highest BCUT2D eigenvalue weighted by Gasteiger charge is 2.25. The summed E-state index contributed by atoms with van der Waals surface area (Å²) in [5.74, 6) is -0.793. The lowest BCUT2D eigenvalue weighted by Gasteiger charge is -2.24. The fourth-order valence-corrected chi connectivity index (χ4v) is 1.41. The van der Waals surface area contributed by atoms with Crippen molar-refractivity contribution >= 4 is 11.9 Å². The molecule has 1 unspecified atom stereocenters. The van der Waals surface area contributed by atoms with E-state index in [0.29, 0.717) is 25.1 Å². The van der Waals surface area contributed by atoms with Crippen LogP contribution < -0.4 is 0 Å². The molecule has 0 aliphatic heterocycles. The van der Waals surface area contributed by atoms with E-state index in [1.165, 1.54) is 4.90 Å². The molecule has 0 bridgehead atoms. The zero-order valence-corrected chi connectivity index (χ0v) is 10.6. The lowest BCUT2D eigenvalue weighted by Crippen LogP contribution is -2.32. The lowest BCUT2D eigenvalue weighted by molar-refractivity contribution is -0.147. The molecule has 92 valence electrons. The first kappa shape index (κ1) is 14.7. The summed E-state index contributed by atoms with van der Waals surface area (Å²) in [5, 5.41) is 0. The Morgan fingerprint density at radius 2 is 1.88 bits per heavy atom. The molecule has 0 radical (unpaired) electrons. The van der Waals surface area contributed by atoms with E-state index >= 15 is 0 Å². The van der Waals surface area contributed by atoms with Gasteiger partial charge in [-0.25, -0.2) is 0 Å². The van der Waals surface area contributed by atoms with Gasteiger partial charge in [0.15, 0.2) is 0 Å². The summed E-state index contributed by atoms with van der Waals surface area (Å²) < 4.78 is 4.94. The maximum absolute atomic E-state index is 11.6. The van der Waals surface area contributed by atoms with E-state index in [1.807, 2.05) is 6.92 Å². The van der Waals surface area contributed by atoms with Crippen molar-refractivity contribution in [3.8, 4) is 0 Å². The van der Waals surface area contributed by atoms with Gasteiger partial charge >= 0.3 is 5.97 Å². The van der Waals surface area contributed by atoms with Crippen molar-refractivity contribution in [1.82, 2.24) is 4.90 Å². The van der Waals surface area contributed by atoms with Crippen molar-refractivity contribution < 1.29 is 14.3 Å². The Hall–Kier alpha value is -1.32. The summed E-state index contributed by atoms with van der Waals surface area (Å²) in [4.78, 5) is 24.5. The number of amides is 1. The first-order valence-electron chi connectivity index (χ1n) is 5.61. The van der Waals surface area contributed by atoms with Crippen LogP contribution in [0.4, 0.5) is 0 Å². The molecule has 0 saturated heterocycles. The average molecular weight is 227 g/mol. The maximum atomic E-state index is 11.6. The SMILES string of the molecule is C=C(C(CC)C(=O)OCC)N(C)C(=O)CC. The number of rotatable bonds is 6. The van der Waals surface area contributed by atoms with Crippen LogP contribution in [0.5, 0.6) is 0 Å². The molecule has 0 aromatic rings. The van der Waals surface area contributed by atoms with Crippen LogP contribution in [0.3, 0.4) is 0 Å². The average Bonchev–Trinajstić information content (AvgIpc) is 2.28. The van der Waals surface area contributed by atoms with Gasteiger partial charge < -0.3 is 9.64 Å². The topological polar surface area (TPSA) is 46.6 Å². The van der Waals surface area contributed by atoms with Gasteiger partial charge in [0.25, 0.3) is 0 Å². The van der Waals surface area contributed by atoms with Gasteiger partial charge in [-0.1, -0.05) is 20.4 Å². The molecule has 0 aromatic carbocycles. The van der Waals surface area contributed by atoms with Gasteiger partial charge in [0.05, 0.1) is 12.5 Å². The van der Waals surface area contributed by atoms with Gasteiger partial charge in [0, 0.05) is 19.2 Å². The van der Waals surface area contributed by atoms with E-state index in [1.54, 1.807) is 20.9 Å². The predicted octanol–water partition coefficient (Wildman–Crippen LogP) is 1.96. The van der Waals surface area contributed by atoms with Crippen LogP contribution in [-0.4, -0.2) is 30.4 Å². The van der Waals surface area contributed by atoms with E-state index in [2.05, 4.69) is 6.58 Å². The third kappa shape index (κ3) is 3.68. The monoisotopic (exact) mass is 227 g/mol. The van der Waals surface area contributed by atoms with Crippen molar-refractivity contribution in [3.05, 3.63) is 12.3 Å². The predicted molar refractivity (Wildman–Crippen MR) is 62.6 cm³/mol. The summed E-state index contributed by atoms with van der Waals surface area (Å²) in [6, 6.07) is 0. The summed E-state index contributed by atoms with van der Waals surface area (Å²) in [5.41, 5.74) is 0.507. The minimum atomic E-state index is -0.430. The largest absolute Gasteiger partial charge is 0.465 e. The van der Waals surface area contributed by atoms with Crippen LogP contribution in [-0.2, 0) is 14.3 Å². The number of ether oxygens (including phenoxy) is 1. The molecule has 0 spiro atoms. The molecule has 0 fully saturated rings. The van der Waals surface area contributed by atoms with E-state index in [9.17, 15) is 9.59 Å². The Balaban J connectivity index is 4.65. The quantitative estimate of drug-likeness (QED) is 0.652. The summed E-state index contributed by atoms with van der Waals surface area (Å²) >= 11 is 0. The van der Waals surface area contributed by atoms with Gasteiger partial charge in [-0.05, 0) is 13.3 Å². The first-order valence-corrected chi connectivity index (χ1v) is 5.61. The van der Waals surface area contributed by atoms with Crippen molar-refractivity contribution in [1.29, 1.82) is 0 Å². The summed E-state index contributed by atoms with van der Waals surface area (Å²) in [6.07, 6.45) is 0.980. The zero-order chi connectivity index (χ0) is 12.7. The van der Waals surface area contributed by atoms with Gasteiger partial charge in [-0.3, -0.25) is 9.59 Å². The van der Waals surface area contributed by atoms with Crippen LogP contribution in [0.2, 0.25) is 0 Å². The minimum absolute atomic E-state index is 0.0484. The fraction of sp³-hybridized carbons (Fsp3) is 0.667. The molecule has 0 aromatic heterocycles. The van der Waals surface area contributed by atoms with Crippen molar-refractivity contribution in [2.45, 2.75) is 33.6 Å². The smallest absolute Gasteiger partial charge is 0.314 e. The number of carbonyl (C=O) groups excluding carboxylic acids is 2. The van der Waals surface area contributed by atoms with Gasteiger partial charge in [0.1, 0.15) is 0 Å². The number of hydrogen-bond acceptors (Lipinski definition) is 3. The Morgan fingerprint density at radius 3 is 2.25 bits per heavy atom. The molecule has 16 heavy (non-hydrogen) atoms. The first-order chi connectivity index (χ1) is 7.49. The molecule has 0 N–H and O–H groups in total. The molecule has 1 atom stereocenters. The molecular formula is C12H21NO3. The molecule has 1 amide bonds. The molecule has 0 heterocycles. The van der Waals surface area contributed by atoms with Crippen LogP contribution in [0.25, 0.3) is 0 Å². The second kappa shape index (κ2) is 7.04. The highest BCUT2D eigenvalue weighted by atomic mass is 16.5. The van der Waals surface area contributed by atoms with Gasteiger partial charge in [-0.2, -0.15) is 0 Å². The Kier molecular flexibility index (Phi) is 6.46. The molecule has 0 aliphatic carbocycles. The summed E-state index contributed by atoms with van der Waals surface area (Å²) in [7, 11) is 1.63. The molecule has 0 rings (SSSR count). The van der Waals surface area contributed by atoms with E-state index < -0.39 is 5.92 Å². The van der Waals surface area contributed by atoms with Crippen molar-refractivity contribution in [2.75, 3.05) is 13.7 Å². The Bertz CT molecular complexity index is 273. The third-order valence-corrected chi connectivity index (χ3v) is 2.49. The van der Waals surface area contributed by atoms with Crippen LogP contribution in [0, 0.1) is 5.92 Å². The number of esters is 1. The number of carbonyl (C=O) groups is 2. The Labute approximate surface area is 97.3 Å². The lowest BCUT2D eigenvalue weighted by atomic mass is 10.0. The molecule has 0 saturated carbocycles. The molecule has 0 aliphatic rings. The second-order valence-electron chi connectivity index (χ2n) is 3.51. The van der Waals surface area contributed by atoms with Crippen molar-refractivity contribution in [2.24, 2.45) is 5.92 Å². The van der Waals surface area contributed by atoms with Gasteiger partial charge in [0.2, 0.25) is 5.91 Å². The van der Waals surface area contributed by atoms with E-state index in [-0.39, 0.29) is 11.9 Å². The summed E-state index contributed by atoms with van der Waals surface area (Å²) in [6.45, 7) is 9.55. The Morgan fingerprint density at radius 1 is 1.31 bits per heavy atom. The molecule has 4 heteroatoms. The second-order valence-corrected chi connectivity index (χ2v) is 3.51. The fourth-order valence-electron chi connectivity index (χ4n) is 1.41. The highest BCUT2D eigenvalue weighted by molar-refractivity contribution is 5.81. The number of hydrogen-bond donors (Lipinski definition) is 0. The zero-order valence-electron chi connectivity index (χ0n) is 10.6. The minimum Gasteiger partial charge on any atom is -0.465 e. The van der Waals surface area contributed by atoms with Gasteiger partial charge in [-0.15, -0.1) is 0 Å².